The van der Waals surface area contributed by atoms with Crippen LogP contribution in [-0.2, 0) is 4.79 Å². The van der Waals surface area contributed by atoms with Crippen molar-refractivity contribution >= 4 is 35.0 Å². The summed E-state index contributed by atoms with van der Waals surface area (Å²) in [6.45, 7) is 0. The molecule has 0 atom stereocenters. The number of aromatic nitrogens is 1. The molecule has 1 amide bonds. The van der Waals surface area contributed by atoms with Gasteiger partial charge in [0.15, 0.2) is 0 Å². The first-order valence-electron chi connectivity index (χ1n) is 7.29. The van der Waals surface area contributed by atoms with Crippen LogP contribution in [-0.4, -0.2) is 22.0 Å². The molecule has 2 aromatic rings. The first-order valence-corrected chi connectivity index (χ1v) is 8.17. The molecular formula is C17H13N3O3S. The van der Waals surface area contributed by atoms with Crippen LogP contribution in [0.15, 0.2) is 35.2 Å². The highest BCUT2D eigenvalue weighted by Crippen LogP contribution is 2.41. The Labute approximate surface area is 142 Å². The molecule has 0 bridgehead atoms. The van der Waals surface area contributed by atoms with E-state index >= 15 is 0 Å². The second-order valence-corrected chi connectivity index (χ2v) is 6.25. The number of benzene rings is 1. The summed E-state index contributed by atoms with van der Waals surface area (Å²) in [5, 5.41) is 23.7. The zero-order valence-corrected chi connectivity index (χ0v) is 13.3. The van der Waals surface area contributed by atoms with Gasteiger partial charge in [0.25, 0.3) is 5.91 Å². The maximum atomic E-state index is 12.3. The third-order valence-electron chi connectivity index (χ3n) is 3.53. The summed E-state index contributed by atoms with van der Waals surface area (Å²) in [7, 11) is 0. The van der Waals surface area contributed by atoms with E-state index in [9.17, 15) is 14.9 Å². The zero-order chi connectivity index (χ0) is 17.1. The molecule has 0 spiro atoms. The highest BCUT2D eigenvalue weighted by Gasteiger charge is 2.26. The lowest BCUT2D eigenvalue weighted by molar-refractivity contribution is -0.112. The van der Waals surface area contributed by atoms with Crippen molar-refractivity contribution in [3.63, 3.8) is 0 Å². The van der Waals surface area contributed by atoms with E-state index in [1.54, 1.807) is 12.1 Å². The molecule has 1 aromatic carbocycles. The summed E-state index contributed by atoms with van der Waals surface area (Å²) in [5.41, 5.74) is 0.559. The summed E-state index contributed by atoms with van der Waals surface area (Å²) in [6.07, 6.45) is 3.68. The number of hydrogen-bond donors (Lipinski definition) is 2. The summed E-state index contributed by atoms with van der Waals surface area (Å²) >= 11 is 1.52. The molecule has 1 aromatic heterocycles. The lowest BCUT2D eigenvalue weighted by atomic mass is 10.1. The van der Waals surface area contributed by atoms with Crippen molar-refractivity contribution in [3.8, 4) is 6.07 Å². The molecule has 6 nitrogen and oxygen atoms in total. The smallest absolute Gasteiger partial charge is 0.337 e. The monoisotopic (exact) mass is 339 g/mol. The molecule has 1 heterocycles. The fourth-order valence-electron chi connectivity index (χ4n) is 2.15. The van der Waals surface area contributed by atoms with Crippen LogP contribution < -0.4 is 5.32 Å². The number of carbonyl (C=O) groups excluding carboxylic acids is 1. The molecule has 7 heteroatoms. The number of thiazole rings is 1. The van der Waals surface area contributed by atoms with Crippen molar-refractivity contribution in [2.75, 3.05) is 5.32 Å². The van der Waals surface area contributed by atoms with Gasteiger partial charge in [-0.1, -0.05) is 12.1 Å². The fraction of sp³-hybridized carbons (Fsp3) is 0.176. The molecule has 120 valence electrons. The largest absolute Gasteiger partial charge is 0.478 e. The number of para-hydroxylation sites is 1. The van der Waals surface area contributed by atoms with Crippen molar-refractivity contribution in [2.24, 2.45) is 0 Å². The standard InChI is InChI=1S/C17H13N3O3S/c18-8-11(7-12-9-24-16(19-12)10-5-6-10)15(21)20-14-4-2-1-3-13(14)17(22)23/h1-4,7,9-10H,5-6H2,(H,20,21)(H,22,23). The van der Waals surface area contributed by atoms with E-state index in [2.05, 4.69) is 10.3 Å². The van der Waals surface area contributed by atoms with Crippen molar-refractivity contribution in [3.05, 3.63) is 51.5 Å². The summed E-state index contributed by atoms with van der Waals surface area (Å²) < 4.78 is 0. The van der Waals surface area contributed by atoms with Gasteiger partial charge in [0.1, 0.15) is 11.6 Å². The number of nitrogens with zero attached hydrogens (tertiary/aromatic N) is 2. The van der Waals surface area contributed by atoms with E-state index < -0.39 is 11.9 Å². The maximum Gasteiger partial charge on any atom is 0.337 e. The predicted molar refractivity (Wildman–Crippen MR) is 89.7 cm³/mol. The normalized spacial score (nSPS) is 14.0. The van der Waals surface area contributed by atoms with E-state index in [1.807, 2.05) is 11.4 Å². The van der Waals surface area contributed by atoms with E-state index in [0.29, 0.717) is 11.6 Å². The minimum atomic E-state index is -1.15. The molecule has 24 heavy (non-hydrogen) atoms. The number of carbonyl (C=O) groups is 2. The fourth-order valence-corrected chi connectivity index (χ4v) is 3.10. The third kappa shape index (κ3) is 3.50. The molecule has 2 N–H and O–H groups in total. The van der Waals surface area contributed by atoms with Crippen molar-refractivity contribution < 1.29 is 14.7 Å². The van der Waals surface area contributed by atoms with Gasteiger partial charge in [0, 0.05) is 11.3 Å². The number of carboxylic acid groups (broad SMARTS) is 1. The molecule has 1 fully saturated rings. The molecule has 1 aliphatic carbocycles. The molecule has 0 saturated heterocycles. The molecule has 1 aliphatic rings. The number of anilines is 1. The minimum Gasteiger partial charge on any atom is -0.478 e. The number of nitriles is 1. The Hall–Kier alpha value is -2.98. The van der Waals surface area contributed by atoms with Gasteiger partial charge in [-0.25, -0.2) is 9.78 Å². The summed E-state index contributed by atoms with van der Waals surface area (Å²) in [5.74, 6) is -1.30. The molecule has 3 rings (SSSR count). The Kier molecular flexibility index (Phi) is 4.40. The van der Waals surface area contributed by atoms with Gasteiger partial charge in [-0.2, -0.15) is 5.26 Å². The second-order valence-electron chi connectivity index (χ2n) is 5.36. The average Bonchev–Trinajstić information content (AvgIpc) is 3.32. The Balaban J connectivity index is 1.80. The summed E-state index contributed by atoms with van der Waals surface area (Å²) in [6, 6.07) is 7.88. The zero-order valence-electron chi connectivity index (χ0n) is 12.5. The number of rotatable bonds is 5. The minimum absolute atomic E-state index is 0.0344. The van der Waals surface area contributed by atoms with Crippen LogP contribution in [0.5, 0.6) is 0 Å². The molecular weight excluding hydrogens is 326 g/mol. The van der Waals surface area contributed by atoms with Gasteiger partial charge in [-0.05, 0) is 31.1 Å². The Morgan fingerprint density at radius 3 is 2.79 bits per heavy atom. The van der Waals surface area contributed by atoms with Gasteiger partial charge >= 0.3 is 5.97 Å². The lowest BCUT2D eigenvalue weighted by Gasteiger charge is -2.07. The molecule has 1 saturated carbocycles. The highest BCUT2D eigenvalue weighted by molar-refractivity contribution is 7.09. The highest BCUT2D eigenvalue weighted by atomic mass is 32.1. The van der Waals surface area contributed by atoms with Crippen molar-refractivity contribution in [2.45, 2.75) is 18.8 Å². The molecule has 0 aliphatic heterocycles. The van der Waals surface area contributed by atoms with Gasteiger partial charge in [0.05, 0.1) is 22.0 Å². The predicted octanol–water partition coefficient (Wildman–Crippen LogP) is 3.26. The van der Waals surface area contributed by atoms with Gasteiger partial charge < -0.3 is 10.4 Å². The van der Waals surface area contributed by atoms with Crippen LogP contribution in [0.2, 0.25) is 0 Å². The van der Waals surface area contributed by atoms with E-state index in [1.165, 1.54) is 29.5 Å². The van der Waals surface area contributed by atoms with E-state index in [4.69, 9.17) is 5.11 Å². The van der Waals surface area contributed by atoms with Gasteiger partial charge in [-0.15, -0.1) is 11.3 Å². The Morgan fingerprint density at radius 1 is 1.38 bits per heavy atom. The second kappa shape index (κ2) is 6.64. The van der Waals surface area contributed by atoms with Gasteiger partial charge in [0.2, 0.25) is 0 Å². The summed E-state index contributed by atoms with van der Waals surface area (Å²) in [4.78, 5) is 27.8. The maximum absolute atomic E-state index is 12.3. The van der Waals surface area contributed by atoms with E-state index in [-0.39, 0.29) is 16.8 Å². The Bertz CT molecular complexity index is 875. The average molecular weight is 339 g/mol. The number of nitrogens with one attached hydrogen (secondary N) is 1. The van der Waals surface area contributed by atoms with Crippen LogP contribution in [0.25, 0.3) is 6.08 Å². The van der Waals surface area contributed by atoms with Crippen LogP contribution in [0.4, 0.5) is 5.69 Å². The van der Waals surface area contributed by atoms with Crippen LogP contribution >= 0.6 is 11.3 Å². The van der Waals surface area contributed by atoms with E-state index in [0.717, 1.165) is 17.8 Å². The van der Waals surface area contributed by atoms with Crippen molar-refractivity contribution in [1.29, 1.82) is 5.26 Å². The van der Waals surface area contributed by atoms with Crippen LogP contribution in [0, 0.1) is 11.3 Å². The van der Waals surface area contributed by atoms with Gasteiger partial charge in [-0.3, -0.25) is 4.79 Å². The first-order chi connectivity index (χ1) is 11.6. The lowest BCUT2D eigenvalue weighted by Crippen LogP contribution is -2.16. The topological polar surface area (TPSA) is 103 Å². The molecule has 0 unspecified atom stereocenters. The third-order valence-corrected chi connectivity index (χ3v) is 4.55. The van der Waals surface area contributed by atoms with Crippen LogP contribution in [0.3, 0.4) is 0 Å². The Morgan fingerprint density at radius 2 is 2.12 bits per heavy atom. The SMILES string of the molecule is N#CC(=Cc1csc(C2CC2)n1)C(=O)Nc1ccccc1C(=O)O. The van der Waals surface area contributed by atoms with Crippen LogP contribution in [0.1, 0.15) is 39.8 Å². The number of aromatic carboxylic acids is 1. The number of hydrogen-bond acceptors (Lipinski definition) is 5. The quantitative estimate of drug-likeness (QED) is 0.643. The molecule has 0 radical (unpaired) electrons. The number of amides is 1. The number of carboxylic acids is 1. The van der Waals surface area contributed by atoms with Crippen molar-refractivity contribution in [1.82, 2.24) is 4.98 Å². The first kappa shape index (κ1) is 15.9.